The molecule has 3 aromatic heterocycles. The first-order chi connectivity index (χ1) is 12.6. The Balaban J connectivity index is 1.49. The number of hydrogen-bond donors (Lipinski definition) is 1. The lowest BCUT2D eigenvalue weighted by molar-refractivity contribution is -0.154. The number of pyridine rings is 1. The molecule has 26 heavy (non-hydrogen) atoms. The average molecular weight is 387 g/mol. The molecule has 0 bridgehead atoms. The Kier molecular flexibility index (Phi) is 6.08. The lowest BCUT2D eigenvalue weighted by Gasteiger charge is -2.12. The summed E-state index contributed by atoms with van der Waals surface area (Å²) in [5, 5.41) is 7.30. The largest absolute Gasteiger partial charge is 0.452 e. The minimum Gasteiger partial charge on any atom is -0.452 e. The number of nitrogens with one attached hydrogen (secondary N) is 1. The van der Waals surface area contributed by atoms with Crippen molar-refractivity contribution in [1.82, 2.24) is 15.3 Å². The summed E-state index contributed by atoms with van der Waals surface area (Å²) >= 11 is 3.00. The molecule has 0 radical (unpaired) electrons. The van der Waals surface area contributed by atoms with E-state index in [1.54, 1.807) is 30.7 Å². The van der Waals surface area contributed by atoms with Gasteiger partial charge in [0, 0.05) is 28.2 Å². The quantitative estimate of drug-likeness (QED) is 0.630. The summed E-state index contributed by atoms with van der Waals surface area (Å²) in [5.74, 6) is -0.798. The zero-order valence-electron chi connectivity index (χ0n) is 14.0. The highest BCUT2D eigenvalue weighted by Gasteiger charge is 2.19. The number of carbonyl (C=O) groups is 2. The number of aromatic nitrogens is 2. The first-order valence-corrected chi connectivity index (χ1v) is 9.72. The number of rotatable bonds is 7. The summed E-state index contributed by atoms with van der Waals surface area (Å²) < 4.78 is 5.21. The molecule has 1 atom stereocenters. The van der Waals surface area contributed by atoms with Gasteiger partial charge in [-0.2, -0.15) is 0 Å². The van der Waals surface area contributed by atoms with Crippen LogP contribution in [0, 0.1) is 0 Å². The molecular weight excluding hydrogens is 370 g/mol. The van der Waals surface area contributed by atoms with Crippen molar-refractivity contribution in [2.24, 2.45) is 0 Å². The predicted octanol–water partition coefficient (Wildman–Crippen LogP) is 3.06. The molecule has 134 valence electrons. The minimum atomic E-state index is -0.848. The van der Waals surface area contributed by atoms with Crippen LogP contribution in [-0.4, -0.2) is 27.9 Å². The van der Waals surface area contributed by atoms with E-state index in [0.29, 0.717) is 12.2 Å². The SMILES string of the molecule is C[C@@H](OC(=O)Cc1csc(-c2cccnc2)n1)C(=O)NCc1cccs1. The summed E-state index contributed by atoms with van der Waals surface area (Å²) in [4.78, 5) is 33.6. The van der Waals surface area contributed by atoms with E-state index in [-0.39, 0.29) is 12.3 Å². The van der Waals surface area contributed by atoms with E-state index in [0.717, 1.165) is 15.4 Å². The van der Waals surface area contributed by atoms with Crippen LogP contribution in [0.5, 0.6) is 0 Å². The van der Waals surface area contributed by atoms with Crippen molar-refractivity contribution >= 4 is 34.6 Å². The van der Waals surface area contributed by atoms with E-state index in [1.165, 1.54) is 11.3 Å². The highest BCUT2D eigenvalue weighted by atomic mass is 32.1. The normalized spacial score (nSPS) is 11.7. The fourth-order valence-electron chi connectivity index (χ4n) is 2.18. The van der Waals surface area contributed by atoms with Gasteiger partial charge in [0.1, 0.15) is 5.01 Å². The number of thiazole rings is 1. The van der Waals surface area contributed by atoms with E-state index in [9.17, 15) is 9.59 Å². The average Bonchev–Trinajstić information content (AvgIpc) is 3.32. The van der Waals surface area contributed by atoms with Crippen molar-refractivity contribution < 1.29 is 14.3 Å². The second-order valence-corrected chi connectivity index (χ2v) is 7.38. The molecular formula is C18H17N3O3S2. The van der Waals surface area contributed by atoms with Gasteiger partial charge < -0.3 is 10.1 Å². The third-order valence-electron chi connectivity index (χ3n) is 3.48. The number of thiophene rings is 1. The highest BCUT2D eigenvalue weighted by molar-refractivity contribution is 7.13. The van der Waals surface area contributed by atoms with Crippen LogP contribution in [0.1, 0.15) is 17.5 Å². The Morgan fingerprint density at radius 1 is 1.27 bits per heavy atom. The third kappa shape index (κ3) is 4.96. The van der Waals surface area contributed by atoms with Gasteiger partial charge in [0.25, 0.3) is 5.91 Å². The van der Waals surface area contributed by atoms with Gasteiger partial charge >= 0.3 is 5.97 Å². The van der Waals surface area contributed by atoms with Crippen LogP contribution in [0.15, 0.2) is 47.4 Å². The number of carbonyl (C=O) groups excluding carboxylic acids is 2. The maximum absolute atomic E-state index is 12.1. The Morgan fingerprint density at radius 3 is 2.88 bits per heavy atom. The Morgan fingerprint density at radius 2 is 2.15 bits per heavy atom. The zero-order chi connectivity index (χ0) is 18.4. The number of esters is 1. The van der Waals surface area contributed by atoms with Gasteiger partial charge in [0.05, 0.1) is 18.7 Å². The minimum absolute atomic E-state index is 0.0271. The van der Waals surface area contributed by atoms with Crippen LogP contribution >= 0.6 is 22.7 Å². The zero-order valence-corrected chi connectivity index (χ0v) is 15.7. The van der Waals surface area contributed by atoms with E-state index >= 15 is 0 Å². The molecule has 1 N–H and O–H groups in total. The molecule has 3 heterocycles. The van der Waals surface area contributed by atoms with Crippen molar-refractivity contribution in [3.63, 3.8) is 0 Å². The molecule has 0 aromatic carbocycles. The van der Waals surface area contributed by atoms with E-state index < -0.39 is 12.1 Å². The fourth-order valence-corrected chi connectivity index (χ4v) is 3.64. The van der Waals surface area contributed by atoms with Crippen molar-refractivity contribution in [3.8, 4) is 10.6 Å². The van der Waals surface area contributed by atoms with Gasteiger partial charge in [-0.25, -0.2) is 4.98 Å². The molecule has 0 spiro atoms. The number of ether oxygens (including phenoxy) is 1. The van der Waals surface area contributed by atoms with Crippen LogP contribution in [0.2, 0.25) is 0 Å². The number of nitrogens with zero attached hydrogens (tertiary/aromatic N) is 2. The predicted molar refractivity (Wildman–Crippen MR) is 101 cm³/mol. The molecule has 8 heteroatoms. The molecule has 0 fully saturated rings. The summed E-state index contributed by atoms with van der Waals surface area (Å²) in [5.41, 5.74) is 1.52. The first-order valence-electron chi connectivity index (χ1n) is 7.96. The number of hydrogen-bond acceptors (Lipinski definition) is 7. The van der Waals surface area contributed by atoms with Gasteiger partial charge in [-0.05, 0) is 30.5 Å². The van der Waals surface area contributed by atoms with Crippen LogP contribution in [0.25, 0.3) is 10.6 Å². The number of amides is 1. The van der Waals surface area contributed by atoms with E-state index in [2.05, 4.69) is 15.3 Å². The maximum atomic E-state index is 12.1. The molecule has 0 aliphatic heterocycles. The van der Waals surface area contributed by atoms with Crippen LogP contribution < -0.4 is 5.32 Å². The fraction of sp³-hybridized carbons (Fsp3) is 0.222. The maximum Gasteiger partial charge on any atom is 0.312 e. The van der Waals surface area contributed by atoms with Crippen molar-refractivity contribution in [2.75, 3.05) is 0 Å². The molecule has 0 aliphatic rings. The van der Waals surface area contributed by atoms with Crippen molar-refractivity contribution in [2.45, 2.75) is 26.0 Å². The van der Waals surface area contributed by atoms with Gasteiger partial charge in [-0.3, -0.25) is 14.6 Å². The Bertz CT molecular complexity index is 863. The lowest BCUT2D eigenvalue weighted by Crippen LogP contribution is -2.35. The Hall–Kier alpha value is -2.58. The molecule has 6 nitrogen and oxygen atoms in total. The van der Waals surface area contributed by atoms with Crippen LogP contribution in [0.3, 0.4) is 0 Å². The summed E-state index contributed by atoms with van der Waals surface area (Å²) in [6, 6.07) is 7.60. The van der Waals surface area contributed by atoms with Gasteiger partial charge in [0.15, 0.2) is 6.10 Å². The van der Waals surface area contributed by atoms with Crippen LogP contribution in [0.4, 0.5) is 0 Å². The Labute approximate surface area is 158 Å². The second kappa shape index (κ2) is 8.68. The molecule has 0 aliphatic carbocycles. The smallest absolute Gasteiger partial charge is 0.312 e. The molecule has 0 saturated heterocycles. The molecule has 3 aromatic rings. The topological polar surface area (TPSA) is 81.2 Å². The van der Waals surface area contributed by atoms with Crippen molar-refractivity contribution in [1.29, 1.82) is 0 Å². The van der Waals surface area contributed by atoms with E-state index in [4.69, 9.17) is 4.74 Å². The molecule has 0 saturated carbocycles. The van der Waals surface area contributed by atoms with E-state index in [1.807, 2.05) is 35.0 Å². The lowest BCUT2D eigenvalue weighted by atomic mass is 10.3. The summed E-state index contributed by atoms with van der Waals surface area (Å²) in [6.07, 6.45) is 2.60. The molecule has 3 rings (SSSR count). The van der Waals surface area contributed by atoms with Gasteiger partial charge in [-0.15, -0.1) is 22.7 Å². The monoisotopic (exact) mass is 387 g/mol. The first kappa shape index (κ1) is 18.2. The van der Waals surface area contributed by atoms with Gasteiger partial charge in [-0.1, -0.05) is 6.07 Å². The van der Waals surface area contributed by atoms with Crippen molar-refractivity contribution in [3.05, 3.63) is 58.0 Å². The molecule has 0 unspecified atom stereocenters. The summed E-state index contributed by atoms with van der Waals surface area (Å²) in [7, 11) is 0. The van der Waals surface area contributed by atoms with Gasteiger partial charge in [0.2, 0.25) is 0 Å². The summed E-state index contributed by atoms with van der Waals surface area (Å²) in [6.45, 7) is 1.99. The second-order valence-electron chi connectivity index (χ2n) is 5.49. The standard InChI is InChI=1S/C18H17N3O3S2/c1-12(17(23)20-10-15-5-3-7-25-15)24-16(22)8-14-11-26-18(21-14)13-4-2-6-19-9-13/h2-7,9,11-12H,8,10H2,1H3,(H,20,23)/t12-/m1/s1. The van der Waals surface area contributed by atoms with Crippen LogP contribution in [-0.2, 0) is 27.3 Å². The molecule has 1 amide bonds. The highest BCUT2D eigenvalue weighted by Crippen LogP contribution is 2.22. The third-order valence-corrected chi connectivity index (χ3v) is 5.30.